The largest absolute Gasteiger partial charge is 0.349 e. The number of aryl methyl sites for hydroxylation is 1. The first-order valence-electron chi connectivity index (χ1n) is 6.60. The van der Waals surface area contributed by atoms with Crippen LogP contribution in [0.15, 0.2) is 24.3 Å². The van der Waals surface area contributed by atoms with Gasteiger partial charge in [0.1, 0.15) is 0 Å². The highest BCUT2D eigenvalue weighted by Gasteiger charge is 2.23. The lowest BCUT2D eigenvalue weighted by molar-refractivity contribution is -0.125. The Bertz CT molecular complexity index is 429. The predicted octanol–water partition coefficient (Wildman–Crippen LogP) is 2.66. The maximum Gasteiger partial charge on any atom is 0.207 e. The maximum atomic E-state index is 12.2. The van der Waals surface area contributed by atoms with Crippen LogP contribution in [0.25, 0.3) is 0 Å². The van der Waals surface area contributed by atoms with Crippen molar-refractivity contribution in [3.8, 4) is 0 Å². The van der Waals surface area contributed by atoms with Crippen LogP contribution in [0, 0.1) is 12.3 Å². The molecule has 0 aliphatic heterocycles. The second-order valence-corrected chi connectivity index (χ2v) is 6.23. The monoisotopic (exact) mass is 261 g/mol. The molecule has 104 valence electrons. The third-order valence-corrected chi connectivity index (χ3v) is 2.92. The molecule has 0 fully saturated rings. The van der Waals surface area contributed by atoms with Gasteiger partial charge in [-0.3, -0.25) is 9.59 Å². The fourth-order valence-corrected chi connectivity index (χ4v) is 1.95. The van der Waals surface area contributed by atoms with Gasteiger partial charge in [-0.05, 0) is 24.3 Å². The fraction of sp³-hybridized carbons (Fsp3) is 0.500. The van der Waals surface area contributed by atoms with Crippen LogP contribution in [-0.2, 0) is 16.0 Å². The number of hydrogen-bond acceptors (Lipinski definition) is 2. The smallest absolute Gasteiger partial charge is 0.207 e. The number of amides is 1. The van der Waals surface area contributed by atoms with Gasteiger partial charge < -0.3 is 5.32 Å². The van der Waals surface area contributed by atoms with Gasteiger partial charge >= 0.3 is 0 Å². The van der Waals surface area contributed by atoms with Crippen LogP contribution in [0.2, 0.25) is 0 Å². The summed E-state index contributed by atoms with van der Waals surface area (Å²) >= 11 is 0. The third kappa shape index (κ3) is 5.69. The molecule has 19 heavy (non-hydrogen) atoms. The SMILES string of the molecule is Cc1ccc(CC(NC=O)C(=O)CC(C)(C)C)cc1. The Labute approximate surface area is 115 Å². The minimum Gasteiger partial charge on any atom is -0.349 e. The summed E-state index contributed by atoms with van der Waals surface area (Å²) in [4.78, 5) is 22.9. The summed E-state index contributed by atoms with van der Waals surface area (Å²) in [5.74, 6) is 0.0835. The molecule has 0 heterocycles. The first kappa shape index (κ1) is 15.4. The molecule has 1 N–H and O–H groups in total. The molecule has 1 aromatic rings. The summed E-state index contributed by atoms with van der Waals surface area (Å²) < 4.78 is 0. The van der Waals surface area contributed by atoms with E-state index in [9.17, 15) is 9.59 Å². The van der Waals surface area contributed by atoms with Gasteiger partial charge in [-0.1, -0.05) is 50.6 Å². The molecule has 0 saturated carbocycles. The van der Waals surface area contributed by atoms with Crippen molar-refractivity contribution in [1.29, 1.82) is 0 Å². The number of rotatable bonds is 6. The molecule has 0 aromatic heterocycles. The van der Waals surface area contributed by atoms with Gasteiger partial charge in [-0.25, -0.2) is 0 Å². The van der Waals surface area contributed by atoms with Crippen molar-refractivity contribution in [3.05, 3.63) is 35.4 Å². The van der Waals surface area contributed by atoms with Crippen LogP contribution in [-0.4, -0.2) is 18.2 Å². The van der Waals surface area contributed by atoms with Crippen molar-refractivity contribution in [1.82, 2.24) is 5.32 Å². The zero-order chi connectivity index (χ0) is 14.5. The molecule has 1 amide bonds. The first-order valence-corrected chi connectivity index (χ1v) is 6.60. The number of benzene rings is 1. The van der Waals surface area contributed by atoms with E-state index in [-0.39, 0.29) is 11.2 Å². The summed E-state index contributed by atoms with van der Waals surface area (Å²) in [6.45, 7) is 8.09. The molecule has 3 heteroatoms. The molecule has 1 rings (SSSR count). The van der Waals surface area contributed by atoms with Crippen LogP contribution in [0.5, 0.6) is 0 Å². The molecular weight excluding hydrogens is 238 g/mol. The van der Waals surface area contributed by atoms with E-state index >= 15 is 0 Å². The first-order chi connectivity index (χ1) is 8.81. The number of Topliss-reactive ketones (excluding diaryl/α,β-unsaturated/α-hetero) is 1. The van der Waals surface area contributed by atoms with E-state index in [1.54, 1.807) is 0 Å². The molecule has 1 atom stereocenters. The van der Waals surface area contributed by atoms with E-state index in [2.05, 4.69) is 5.32 Å². The molecule has 1 aromatic carbocycles. The molecular formula is C16H23NO2. The van der Waals surface area contributed by atoms with Gasteiger partial charge in [0.05, 0.1) is 6.04 Å². The zero-order valence-corrected chi connectivity index (χ0v) is 12.2. The average Bonchev–Trinajstić information content (AvgIpc) is 2.29. The topological polar surface area (TPSA) is 46.2 Å². The fourth-order valence-electron chi connectivity index (χ4n) is 1.95. The molecule has 0 bridgehead atoms. The van der Waals surface area contributed by atoms with Crippen molar-refractivity contribution in [2.75, 3.05) is 0 Å². The van der Waals surface area contributed by atoms with Crippen molar-refractivity contribution in [3.63, 3.8) is 0 Å². The summed E-state index contributed by atoms with van der Waals surface area (Å²) in [6, 6.07) is 7.60. The van der Waals surface area contributed by atoms with Gasteiger partial charge in [-0.2, -0.15) is 0 Å². The Morgan fingerprint density at radius 3 is 2.32 bits per heavy atom. The van der Waals surface area contributed by atoms with E-state index in [0.717, 1.165) is 5.56 Å². The Kier molecular flexibility index (Phi) is 5.28. The van der Waals surface area contributed by atoms with Crippen LogP contribution in [0.1, 0.15) is 38.3 Å². The molecule has 0 aliphatic rings. The molecule has 0 radical (unpaired) electrons. The zero-order valence-electron chi connectivity index (χ0n) is 12.2. The van der Waals surface area contributed by atoms with Crippen LogP contribution in [0.4, 0.5) is 0 Å². The third-order valence-electron chi connectivity index (χ3n) is 2.92. The molecule has 0 spiro atoms. The van der Waals surface area contributed by atoms with E-state index in [4.69, 9.17) is 0 Å². The van der Waals surface area contributed by atoms with Gasteiger partial charge in [-0.15, -0.1) is 0 Å². The van der Waals surface area contributed by atoms with Gasteiger partial charge in [0, 0.05) is 6.42 Å². The minimum atomic E-state index is -0.431. The van der Waals surface area contributed by atoms with Crippen LogP contribution >= 0.6 is 0 Å². The highest BCUT2D eigenvalue weighted by molar-refractivity contribution is 5.86. The van der Waals surface area contributed by atoms with E-state index in [0.29, 0.717) is 19.3 Å². The maximum absolute atomic E-state index is 12.2. The summed E-state index contributed by atoms with van der Waals surface area (Å²) in [7, 11) is 0. The van der Waals surface area contributed by atoms with Gasteiger partial charge in [0.15, 0.2) is 5.78 Å². The number of hydrogen-bond donors (Lipinski definition) is 1. The lowest BCUT2D eigenvalue weighted by Gasteiger charge is -2.22. The number of ketones is 1. The standard InChI is InChI=1S/C16H23NO2/c1-12-5-7-13(8-6-12)9-14(17-11-18)15(19)10-16(2,3)4/h5-8,11,14H,9-10H2,1-4H3,(H,17,18). The van der Waals surface area contributed by atoms with E-state index in [1.807, 2.05) is 52.0 Å². The molecule has 0 saturated heterocycles. The summed E-state index contributed by atoms with van der Waals surface area (Å²) in [5.41, 5.74) is 2.18. The minimum absolute atomic E-state index is 0.0623. The van der Waals surface area contributed by atoms with Crippen molar-refractivity contribution < 1.29 is 9.59 Å². The van der Waals surface area contributed by atoms with Gasteiger partial charge in [0.25, 0.3) is 0 Å². The van der Waals surface area contributed by atoms with E-state index in [1.165, 1.54) is 5.56 Å². The normalized spacial score (nSPS) is 12.8. The highest BCUT2D eigenvalue weighted by atomic mass is 16.1. The average molecular weight is 261 g/mol. The second kappa shape index (κ2) is 6.50. The lowest BCUT2D eigenvalue weighted by atomic mass is 9.86. The highest BCUT2D eigenvalue weighted by Crippen LogP contribution is 2.20. The number of carbonyl (C=O) groups is 2. The number of nitrogens with one attached hydrogen (secondary N) is 1. The van der Waals surface area contributed by atoms with Crippen molar-refractivity contribution in [2.24, 2.45) is 5.41 Å². The molecule has 0 aliphatic carbocycles. The quantitative estimate of drug-likeness (QED) is 0.800. The molecule has 3 nitrogen and oxygen atoms in total. The second-order valence-electron chi connectivity index (χ2n) is 6.23. The van der Waals surface area contributed by atoms with Crippen molar-refractivity contribution >= 4 is 12.2 Å². The Hall–Kier alpha value is -1.64. The predicted molar refractivity (Wildman–Crippen MR) is 76.9 cm³/mol. The Morgan fingerprint density at radius 2 is 1.84 bits per heavy atom. The Morgan fingerprint density at radius 1 is 1.26 bits per heavy atom. The van der Waals surface area contributed by atoms with Gasteiger partial charge in [0.2, 0.25) is 6.41 Å². The molecule has 1 unspecified atom stereocenters. The lowest BCUT2D eigenvalue weighted by Crippen LogP contribution is -2.39. The number of carbonyl (C=O) groups excluding carboxylic acids is 2. The van der Waals surface area contributed by atoms with Crippen LogP contribution < -0.4 is 5.32 Å². The van der Waals surface area contributed by atoms with E-state index < -0.39 is 6.04 Å². The Balaban J connectivity index is 2.74. The van der Waals surface area contributed by atoms with Crippen molar-refractivity contribution in [2.45, 2.75) is 46.6 Å². The summed E-state index contributed by atoms with van der Waals surface area (Å²) in [5, 5.41) is 2.64. The van der Waals surface area contributed by atoms with Crippen LogP contribution in [0.3, 0.4) is 0 Å². The summed E-state index contributed by atoms with van der Waals surface area (Å²) in [6.07, 6.45) is 1.62.